The largest absolute Gasteiger partial charge is 0.304 e. The Morgan fingerprint density at radius 3 is 2.50 bits per heavy atom. The van der Waals surface area contributed by atoms with Crippen LogP contribution in [0.25, 0.3) is 0 Å². The quantitative estimate of drug-likeness (QED) is 0.911. The van der Waals surface area contributed by atoms with Crippen molar-refractivity contribution in [3.05, 3.63) is 64.9 Å². The van der Waals surface area contributed by atoms with Crippen LogP contribution < -0.4 is 5.32 Å². The van der Waals surface area contributed by atoms with E-state index in [1.807, 2.05) is 42.5 Å². The number of benzene rings is 1. The van der Waals surface area contributed by atoms with E-state index in [2.05, 4.69) is 10.3 Å². The number of nitrogens with one attached hydrogen (secondary N) is 1. The zero-order chi connectivity index (χ0) is 15.6. The molecule has 1 aromatic carbocycles. The Hall–Kier alpha value is -1.43. The third kappa shape index (κ3) is 3.85. The van der Waals surface area contributed by atoms with Gasteiger partial charge in [-0.25, -0.2) is 8.42 Å². The molecule has 3 rings (SSSR count). The molecule has 4 nitrogen and oxygen atoms in total. The lowest BCUT2D eigenvalue weighted by Crippen LogP contribution is -2.52. The molecule has 0 bridgehead atoms. The van der Waals surface area contributed by atoms with Crippen molar-refractivity contribution < 1.29 is 8.42 Å². The van der Waals surface area contributed by atoms with Gasteiger partial charge in [-0.2, -0.15) is 0 Å². The number of hydrogen-bond donors (Lipinski definition) is 1. The first kappa shape index (κ1) is 15.5. The Bertz CT molecular complexity index is 721. The van der Waals surface area contributed by atoms with E-state index in [0.717, 1.165) is 17.7 Å². The zero-order valence-electron chi connectivity index (χ0n) is 11.9. The summed E-state index contributed by atoms with van der Waals surface area (Å²) in [5, 5.41) is 4.12. The van der Waals surface area contributed by atoms with Crippen LogP contribution in [0.15, 0.2) is 48.7 Å². The van der Waals surface area contributed by atoms with Crippen LogP contribution >= 0.6 is 11.6 Å². The molecule has 1 atom stereocenters. The van der Waals surface area contributed by atoms with E-state index in [1.165, 1.54) is 0 Å². The summed E-state index contributed by atoms with van der Waals surface area (Å²) in [6.45, 7) is 0. The molecule has 1 aliphatic heterocycles. The van der Waals surface area contributed by atoms with E-state index in [0.29, 0.717) is 5.02 Å². The van der Waals surface area contributed by atoms with Crippen molar-refractivity contribution in [2.45, 2.75) is 18.5 Å². The van der Waals surface area contributed by atoms with Gasteiger partial charge < -0.3 is 5.32 Å². The highest BCUT2D eigenvalue weighted by Crippen LogP contribution is 2.21. The summed E-state index contributed by atoms with van der Waals surface area (Å²) in [6.07, 6.45) is 2.49. The molecule has 6 heteroatoms. The molecule has 0 spiro atoms. The molecule has 2 heterocycles. The highest BCUT2D eigenvalue weighted by atomic mass is 35.5. The lowest BCUT2D eigenvalue weighted by Gasteiger charge is -2.31. The topological polar surface area (TPSA) is 59.1 Å². The third-order valence-corrected chi connectivity index (χ3v) is 5.82. The number of aromatic nitrogens is 1. The highest BCUT2D eigenvalue weighted by molar-refractivity contribution is 7.92. The smallest absolute Gasteiger partial charge is 0.153 e. The Morgan fingerprint density at radius 1 is 1.18 bits per heavy atom. The van der Waals surface area contributed by atoms with Gasteiger partial charge >= 0.3 is 0 Å². The van der Waals surface area contributed by atoms with Crippen LogP contribution in [0.5, 0.6) is 0 Å². The SMILES string of the molecule is O=S1(=O)CC(NC(Cc2ccc(Cl)cc2)c2ccccn2)C1. The number of nitrogens with zero attached hydrogens (tertiary/aromatic N) is 1. The third-order valence-electron chi connectivity index (χ3n) is 3.74. The van der Waals surface area contributed by atoms with E-state index in [9.17, 15) is 8.42 Å². The van der Waals surface area contributed by atoms with E-state index in [1.54, 1.807) is 6.20 Å². The zero-order valence-corrected chi connectivity index (χ0v) is 13.5. The minimum absolute atomic E-state index is 0.00399. The van der Waals surface area contributed by atoms with Gasteiger partial charge in [0.1, 0.15) is 0 Å². The van der Waals surface area contributed by atoms with Crippen molar-refractivity contribution in [2.75, 3.05) is 11.5 Å². The molecule has 1 aliphatic rings. The van der Waals surface area contributed by atoms with Crippen LogP contribution in [0.2, 0.25) is 5.02 Å². The molecule has 0 radical (unpaired) electrons. The Morgan fingerprint density at radius 2 is 1.91 bits per heavy atom. The van der Waals surface area contributed by atoms with Crippen molar-refractivity contribution in [3.8, 4) is 0 Å². The normalized spacial score (nSPS) is 18.6. The number of halogens is 1. The van der Waals surface area contributed by atoms with Crippen LogP contribution in [0.4, 0.5) is 0 Å². The highest BCUT2D eigenvalue weighted by Gasteiger charge is 2.35. The number of hydrogen-bond acceptors (Lipinski definition) is 4. The number of sulfone groups is 1. The predicted molar refractivity (Wildman–Crippen MR) is 87.7 cm³/mol. The molecule has 116 valence electrons. The van der Waals surface area contributed by atoms with Crippen molar-refractivity contribution in [2.24, 2.45) is 0 Å². The van der Waals surface area contributed by atoms with Crippen molar-refractivity contribution in [3.63, 3.8) is 0 Å². The Labute approximate surface area is 135 Å². The summed E-state index contributed by atoms with van der Waals surface area (Å²) in [4.78, 5) is 4.40. The molecule has 1 fully saturated rings. The van der Waals surface area contributed by atoms with Crippen molar-refractivity contribution in [1.29, 1.82) is 0 Å². The molecule has 0 amide bonds. The van der Waals surface area contributed by atoms with Gasteiger partial charge in [0, 0.05) is 17.3 Å². The molecular weight excluding hydrogens is 320 g/mol. The second kappa shape index (κ2) is 6.36. The van der Waals surface area contributed by atoms with E-state index >= 15 is 0 Å². The maximum Gasteiger partial charge on any atom is 0.153 e. The minimum atomic E-state index is -2.84. The summed E-state index contributed by atoms with van der Waals surface area (Å²) in [7, 11) is -2.84. The molecule has 0 saturated carbocycles. The predicted octanol–water partition coefficient (Wildman–Crippen LogP) is 2.41. The van der Waals surface area contributed by atoms with E-state index in [-0.39, 0.29) is 23.6 Å². The number of pyridine rings is 1. The van der Waals surface area contributed by atoms with E-state index < -0.39 is 9.84 Å². The molecule has 1 unspecified atom stereocenters. The average Bonchev–Trinajstić information content (AvgIpc) is 2.48. The average molecular weight is 337 g/mol. The monoisotopic (exact) mass is 336 g/mol. The molecule has 1 aromatic heterocycles. The van der Waals surface area contributed by atoms with Crippen LogP contribution in [-0.4, -0.2) is 30.9 Å². The van der Waals surface area contributed by atoms with Gasteiger partial charge in [0.05, 0.1) is 23.2 Å². The van der Waals surface area contributed by atoms with Crippen molar-refractivity contribution in [1.82, 2.24) is 10.3 Å². The Balaban J connectivity index is 1.75. The van der Waals surface area contributed by atoms with Gasteiger partial charge in [-0.15, -0.1) is 0 Å². The fourth-order valence-electron chi connectivity index (χ4n) is 2.63. The maximum absolute atomic E-state index is 11.3. The minimum Gasteiger partial charge on any atom is -0.304 e. The van der Waals surface area contributed by atoms with Crippen LogP contribution in [0, 0.1) is 0 Å². The summed E-state index contributed by atoms with van der Waals surface area (Å²) < 4.78 is 22.7. The Kier molecular flexibility index (Phi) is 4.47. The van der Waals surface area contributed by atoms with Gasteiger partial charge in [-0.1, -0.05) is 29.8 Å². The second-order valence-corrected chi connectivity index (χ2v) is 8.17. The molecule has 22 heavy (non-hydrogen) atoms. The molecular formula is C16H17ClN2O2S. The lowest BCUT2D eigenvalue weighted by atomic mass is 10.0. The maximum atomic E-state index is 11.3. The van der Waals surface area contributed by atoms with Crippen molar-refractivity contribution >= 4 is 21.4 Å². The fraction of sp³-hybridized carbons (Fsp3) is 0.312. The standard InChI is InChI=1S/C16H17ClN2O2S/c17-13-6-4-12(5-7-13)9-16(15-3-1-2-8-18-15)19-14-10-22(20,21)11-14/h1-8,14,16,19H,9-11H2. The summed E-state index contributed by atoms with van der Waals surface area (Å²) >= 11 is 5.92. The van der Waals surface area contributed by atoms with Gasteiger partial charge in [0.25, 0.3) is 0 Å². The molecule has 0 aliphatic carbocycles. The summed E-state index contributed by atoms with van der Waals surface area (Å²) in [5.74, 6) is 0.411. The van der Waals surface area contributed by atoms with Gasteiger partial charge in [0.15, 0.2) is 9.84 Å². The molecule has 2 aromatic rings. The first-order valence-electron chi connectivity index (χ1n) is 7.14. The van der Waals surface area contributed by atoms with Crippen LogP contribution in [0.3, 0.4) is 0 Å². The molecule has 1 N–H and O–H groups in total. The van der Waals surface area contributed by atoms with Crippen LogP contribution in [-0.2, 0) is 16.3 Å². The first-order chi connectivity index (χ1) is 10.5. The van der Waals surface area contributed by atoms with Gasteiger partial charge in [0.2, 0.25) is 0 Å². The first-order valence-corrected chi connectivity index (χ1v) is 9.34. The van der Waals surface area contributed by atoms with Gasteiger partial charge in [-0.05, 0) is 36.2 Å². The summed E-state index contributed by atoms with van der Waals surface area (Å²) in [5.41, 5.74) is 2.05. The fourth-order valence-corrected chi connectivity index (χ4v) is 4.08. The van der Waals surface area contributed by atoms with E-state index in [4.69, 9.17) is 11.6 Å². The van der Waals surface area contributed by atoms with Crippen LogP contribution in [0.1, 0.15) is 17.3 Å². The summed E-state index contributed by atoms with van der Waals surface area (Å²) in [6, 6.07) is 13.5. The van der Waals surface area contributed by atoms with Gasteiger partial charge in [-0.3, -0.25) is 4.98 Å². The second-order valence-electron chi connectivity index (χ2n) is 5.58. The lowest BCUT2D eigenvalue weighted by molar-refractivity contribution is 0.440. The number of rotatable bonds is 5. The molecule has 1 saturated heterocycles.